The van der Waals surface area contributed by atoms with E-state index in [0.29, 0.717) is 6.42 Å². The predicted molar refractivity (Wildman–Crippen MR) is 100 cm³/mol. The number of hydrogen-bond donors (Lipinski definition) is 2. The van der Waals surface area contributed by atoms with Crippen LogP contribution in [0.4, 0.5) is 0 Å². The van der Waals surface area contributed by atoms with Crippen molar-refractivity contribution in [2.75, 3.05) is 19.3 Å². The first-order valence-electron chi connectivity index (χ1n) is 8.17. The van der Waals surface area contributed by atoms with Gasteiger partial charge >= 0.3 is 0 Å². The Balaban J connectivity index is 1.68. The fraction of sp³-hybridized carbons (Fsp3) is 0.412. The number of carbonyl (C=O) groups is 1. The molecule has 2 atom stereocenters. The summed E-state index contributed by atoms with van der Waals surface area (Å²) in [5.74, 6) is -0.169. The van der Waals surface area contributed by atoms with Crippen molar-refractivity contribution in [2.24, 2.45) is 5.92 Å². The lowest BCUT2D eigenvalue weighted by molar-refractivity contribution is -0.125. The minimum absolute atomic E-state index is 0.0519. The highest BCUT2D eigenvalue weighted by Crippen LogP contribution is 2.38. The van der Waals surface area contributed by atoms with Crippen LogP contribution in [0.15, 0.2) is 36.4 Å². The molecule has 0 saturated heterocycles. The molecule has 6 nitrogen and oxygen atoms in total. The molecule has 0 bridgehead atoms. The Labute approximate surface area is 151 Å². The summed E-state index contributed by atoms with van der Waals surface area (Å²) in [5.41, 5.74) is 0.966. The summed E-state index contributed by atoms with van der Waals surface area (Å²) in [6.45, 7) is 0.470. The largest absolute Gasteiger partial charge is 0.355 e. The minimum Gasteiger partial charge on any atom is -0.355 e. The molecule has 3 rings (SSSR count). The number of para-hydroxylation sites is 1. The Hall–Kier alpha value is -1.77. The molecular weight excluding hydrogens is 358 g/mol. The van der Waals surface area contributed by atoms with E-state index in [-0.39, 0.29) is 30.8 Å². The number of allylic oxidation sites excluding steroid dienone is 2. The van der Waals surface area contributed by atoms with Crippen LogP contribution in [0.2, 0.25) is 0 Å². The number of thiazole rings is 1. The maximum absolute atomic E-state index is 12.6. The molecule has 1 aliphatic carbocycles. The molecule has 2 N–H and O–H groups in total. The van der Waals surface area contributed by atoms with Gasteiger partial charge in [-0.05, 0) is 25.0 Å². The highest BCUT2D eigenvalue weighted by Gasteiger charge is 2.32. The van der Waals surface area contributed by atoms with Crippen molar-refractivity contribution in [1.82, 2.24) is 15.0 Å². The molecule has 0 saturated carbocycles. The highest BCUT2D eigenvalue weighted by atomic mass is 32.2. The molecule has 25 heavy (non-hydrogen) atoms. The number of carbonyl (C=O) groups excluding carboxylic acids is 1. The average Bonchev–Trinajstić information content (AvgIpc) is 3.01. The van der Waals surface area contributed by atoms with Gasteiger partial charge in [-0.2, -0.15) is 0 Å². The van der Waals surface area contributed by atoms with Crippen LogP contribution in [0, 0.1) is 5.92 Å². The summed E-state index contributed by atoms with van der Waals surface area (Å²) in [4.78, 5) is 17.3. The van der Waals surface area contributed by atoms with Gasteiger partial charge in [-0.15, -0.1) is 11.3 Å². The molecule has 0 fully saturated rings. The van der Waals surface area contributed by atoms with Crippen LogP contribution >= 0.6 is 11.3 Å². The highest BCUT2D eigenvalue weighted by molar-refractivity contribution is 7.88. The summed E-state index contributed by atoms with van der Waals surface area (Å²) in [6.07, 6.45) is 6.70. The van der Waals surface area contributed by atoms with Gasteiger partial charge in [0.15, 0.2) is 0 Å². The summed E-state index contributed by atoms with van der Waals surface area (Å²) in [5, 5.41) is 3.82. The fourth-order valence-corrected chi connectivity index (χ4v) is 4.60. The lowest BCUT2D eigenvalue weighted by atomic mass is 9.82. The number of hydrogen-bond acceptors (Lipinski definition) is 5. The summed E-state index contributed by atoms with van der Waals surface area (Å²) >= 11 is 1.64. The Kier molecular flexibility index (Phi) is 5.51. The second-order valence-electron chi connectivity index (χ2n) is 6.13. The van der Waals surface area contributed by atoms with Gasteiger partial charge < -0.3 is 5.32 Å². The van der Waals surface area contributed by atoms with E-state index in [1.165, 1.54) is 0 Å². The van der Waals surface area contributed by atoms with Crippen molar-refractivity contribution in [1.29, 1.82) is 0 Å². The average molecular weight is 380 g/mol. The maximum Gasteiger partial charge on any atom is 0.224 e. The maximum atomic E-state index is 12.6. The third kappa shape index (κ3) is 4.65. The first kappa shape index (κ1) is 18.0. The van der Waals surface area contributed by atoms with E-state index < -0.39 is 10.0 Å². The molecule has 0 aliphatic heterocycles. The smallest absolute Gasteiger partial charge is 0.224 e. The molecular formula is C17H21N3O3S2. The van der Waals surface area contributed by atoms with E-state index in [0.717, 1.165) is 27.9 Å². The lowest BCUT2D eigenvalue weighted by Gasteiger charge is -2.26. The minimum atomic E-state index is -3.24. The SMILES string of the molecule is CS(=O)(=O)NCCNC(=O)[C@H]1CC=CC[C@@H]1c1nc2ccccc2s1. The number of fused-ring (bicyclic) bond motifs is 1. The van der Waals surface area contributed by atoms with Gasteiger partial charge in [-0.1, -0.05) is 24.3 Å². The molecule has 1 aliphatic rings. The lowest BCUT2D eigenvalue weighted by Crippen LogP contribution is -2.39. The second kappa shape index (κ2) is 7.63. The number of nitrogens with one attached hydrogen (secondary N) is 2. The van der Waals surface area contributed by atoms with E-state index >= 15 is 0 Å². The predicted octanol–water partition coefficient (Wildman–Crippen LogP) is 2.01. The number of benzene rings is 1. The van der Waals surface area contributed by atoms with Crippen LogP contribution in [0.3, 0.4) is 0 Å². The van der Waals surface area contributed by atoms with Crippen molar-refractivity contribution in [3.63, 3.8) is 0 Å². The topological polar surface area (TPSA) is 88.2 Å². The molecule has 2 aromatic rings. The summed E-state index contributed by atoms with van der Waals surface area (Å²) < 4.78 is 25.6. The van der Waals surface area contributed by atoms with E-state index in [4.69, 9.17) is 4.98 Å². The Morgan fingerprint density at radius 2 is 2.00 bits per heavy atom. The molecule has 1 heterocycles. The second-order valence-corrected chi connectivity index (χ2v) is 9.03. The Morgan fingerprint density at radius 3 is 2.76 bits per heavy atom. The number of amides is 1. The van der Waals surface area contributed by atoms with Crippen molar-refractivity contribution in [2.45, 2.75) is 18.8 Å². The first-order valence-corrected chi connectivity index (χ1v) is 10.9. The van der Waals surface area contributed by atoms with Crippen molar-refractivity contribution in [3.8, 4) is 0 Å². The zero-order chi connectivity index (χ0) is 17.9. The third-order valence-corrected chi connectivity index (χ3v) is 6.08. The Bertz CT molecular complexity index is 856. The third-order valence-electron chi connectivity index (χ3n) is 4.19. The van der Waals surface area contributed by atoms with E-state index in [2.05, 4.69) is 16.1 Å². The van der Waals surface area contributed by atoms with E-state index in [1.807, 2.05) is 30.3 Å². The van der Waals surface area contributed by atoms with E-state index in [1.54, 1.807) is 11.3 Å². The summed E-state index contributed by atoms with van der Waals surface area (Å²) in [7, 11) is -3.24. The van der Waals surface area contributed by atoms with E-state index in [9.17, 15) is 13.2 Å². The van der Waals surface area contributed by atoms with Crippen LogP contribution in [0.5, 0.6) is 0 Å². The monoisotopic (exact) mass is 379 g/mol. The van der Waals surface area contributed by atoms with Gasteiger partial charge in [0, 0.05) is 19.0 Å². The fourth-order valence-electron chi connectivity index (χ4n) is 2.98. The zero-order valence-electron chi connectivity index (χ0n) is 13.9. The molecule has 0 unspecified atom stereocenters. The molecule has 0 spiro atoms. The van der Waals surface area contributed by atoms with Gasteiger partial charge in [-0.3, -0.25) is 4.79 Å². The normalized spacial score (nSPS) is 20.7. The van der Waals surface area contributed by atoms with Gasteiger partial charge in [0.25, 0.3) is 0 Å². The van der Waals surface area contributed by atoms with Crippen molar-refractivity contribution >= 4 is 37.5 Å². The zero-order valence-corrected chi connectivity index (χ0v) is 15.6. The molecule has 8 heteroatoms. The standard InChI is InChI=1S/C17H21N3O3S2/c1-25(22,23)19-11-10-18-16(21)12-6-2-3-7-13(12)17-20-14-8-4-5-9-15(14)24-17/h2-5,8-9,12-13,19H,6-7,10-11H2,1H3,(H,18,21)/t12-,13-/m0/s1. The molecule has 0 radical (unpaired) electrons. The van der Waals surface area contributed by atoms with Gasteiger partial charge in [0.05, 0.1) is 27.4 Å². The Morgan fingerprint density at radius 1 is 1.24 bits per heavy atom. The molecule has 134 valence electrons. The van der Waals surface area contributed by atoms with Crippen LogP contribution in [0.1, 0.15) is 23.8 Å². The number of rotatable bonds is 6. The van der Waals surface area contributed by atoms with Crippen LogP contribution in [-0.2, 0) is 14.8 Å². The molecule has 1 aromatic carbocycles. The number of aromatic nitrogens is 1. The number of nitrogens with zero attached hydrogens (tertiary/aromatic N) is 1. The molecule has 1 amide bonds. The summed E-state index contributed by atoms with van der Waals surface area (Å²) in [6, 6.07) is 7.98. The quantitative estimate of drug-likeness (QED) is 0.594. The van der Waals surface area contributed by atoms with Gasteiger partial charge in [-0.25, -0.2) is 18.1 Å². The van der Waals surface area contributed by atoms with Crippen LogP contribution in [-0.4, -0.2) is 38.7 Å². The molecule has 1 aromatic heterocycles. The van der Waals surface area contributed by atoms with Gasteiger partial charge in [0.1, 0.15) is 0 Å². The van der Waals surface area contributed by atoms with Crippen LogP contribution in [0.25, 0.3) is 10.2 Å². The van der Waals surface area contributed by atoms with Crippen LogP contribution < -0.4 is 10.0 Å². The first-order chi connectivity index (χ1) is 11.9. The van der Waals surface area contributed by atoms with Crippen molar-refractivity contribution < 1.29 is 13.2 Å². The van der Waals surface area contributed by atoms with Crippen molar-refractivity contribution in [3.05, 3.63) is 41.4 Å². The van der Waals surface area contributed by atoms with Gasteiger partial charge in [0.2, 0.25) is 15.9 Å². The number of sulfonamides is 1.